The summed E-state index contributed by atoms with van der Waals surface area (Å²) in [7, 11) is 0. The smallest absolute Gasteiger partial charge is 0.359 e. The van der Waals surface area contributed by atoms with Gasteiger partial charge < -0.3 is 4.74 Å². The molecule has 0 aliphatic carbocycles. The molecule has 128 valence electrons. The number of fused-ring (bicyclic) bond motifs is 4. The average Bonchev–Trinajstić information content (AvgIpc) is 3.32. The SMILES string of the molecule is O=C(OC1CN2CCC1CC2)c1n[nH]c2ccc(-c3nccs3)cc12. The Labute approximate surface area is 148 Å². The molecule has 1 unspecified atom stereocenters. The number of aromatic nitrogens is 3. The number of esters is 1. The van der Waals surface area contributed by atoms with Gasteiger partial charge in [0.2, 0.25) is 0 Å². The van der Waals surface area contributed by atoms with Crippen LogP contribution >= 0.6 is 11.3 Å². The summed E-state index contributed by atoms with van der Waals surface area (Å²) in [6, 6.07) is 5.89. The van der Waals surface area contributed by atoms with Gasteiger partial charge in [-0.25, -0.2) is 9.78 Å². The van der Waals surface area contributed by atoms with Crippen molar-refractivity contribution < 1.29 is 9.53 Å². The number of rotatable bonds is 3. The van der Waals surface area contributed by atoms with Gasteiger partial charge in [0.25, 0.3) is 0 Å². The van der Waals surface area contributed by atoms with E-state index in [0.717, 1.165) is 53.9 Å². The summed E-state index contributed by atoms with van der Waals surface area (Å²) in [6.07, 6.45) is 4.01. The third kappa shape index (κ3) is 2.63. The molecule has 6 rings (SSSR count). The van der Waals surface area contributed by atoms with Crippen molar-refractivity contribution in [2.24, 2.45) is 5.92 Å². The Bertz CT molecular complexity index is 912. The molecule has 0 radical (unpaired) electrons. The van der Waals surface area contributed by atoms with Crippen molar-refractivity contribution in [3.63, 3.8) is 0 Å². The Balaban J connectivity index is 1.44. The van der Waals surface area contributed by atoms with E-state index in [4.69, 9.17) is 4.74 Å². The molecule has 3 fully saturated rings. The highest BCUT2D eigenvalue weighted by atomic mass is 32.1. The molecule has 3 aliphatic heterocycles. The van der Waals surface area contributed by atoms with Crippen LogP contribution in [0, 0.1) is 5.92 Å². The van der Waals surface area contributed by atoms with Crippen molar-refractivity contribution in [2.45, 2.75) is 18.9 Å². The molecular formula is C18H18N4O2S. The van der Waals surface area contributed by atoms with Crippen LogP contribution in [-0.4, -0.2) is 51.8 Å². The lowest BCUT2D eigenvalue weighted by Crippen LogP contribution is -2.51. The lowest BCUT2D eigenvalue weighted by molar-refractivity contribution is -0.0458. The number of aromatic amines is 1. The highest BCUT2D eigenvalue weighted by molar-refractivity contribution is 7.13. The second-order valence-corrected chi connectivity index (χ2v) is 7.65. The molecule has 6 nitrogen and oxygen atoms in total. The lowest BCUT2D eigenvalue weighted by Gasteiger charge is -2.43. The fourth-order valence-electron chi connectivity index (χ4n) is 3.91. The van der Waals surface area contributed by atoms with Crippen LogP contribution in [0.2, 0.25) is 0 Å². The van der Waals surface area contributed by atoms with E-state index in [-0.39, 0.29) is 12.1 Å². The molecule has 0 saturated carbocycles. The van der Waals surface area contributed by atoms with Crippen LogP contribution < -0.4 is 0 Å². The molecule has 3 aromatic rings. The van der Waals surface area contributed by atoms with E-state index >= 15 is 0 Å². The fourth-order valence-corrected chi connectivity index (χ4v) is 4.54. The number of thiazole rings is 1. The van der Waals surface area contributed by atoms with Gasteiger partial charge >= 0.3 is 5.97 Å². The summed E-state index contributed by atoms with van der Waals surface area (Å²) in [6.45, 7) is 3.10. The molecule has 0 spiro atoms. The number of hydrogen-bond donors (Lipinski definition) is 1. The number of nitrogens with one attached hydrogen (secondary N) is 1. The maximum atomic E-state index is 12.7. The molecule has 25 heavy (non-hydrogen) atoms. The Morgan fingerprint density at radius 3 is 2.92 bits per heavy atom. The minimum absolute atomic E-state index is 0.0103. The highest BCUT2D eigenvalue weighted by Gasteiger charge is 2.37. The number of benzene rings is 1. The van der Waals surface area contributed by atoms with E-state index in [1.807, 2.05) is 23.6 Å². The first-order valence-corrected chi connectivity index (χ1v) is 9.47. The number of H-pyrrole nitrogens is 1. The molecule has 7 heteroatoms. The number of hydrogen-bond acceptors (Lipinski definition) is 6. The first kappa shape index (κ1) is 15.0. The Hall–Kier alpha value is -2.25. The van der Waals surface area contributed by atoms with Gasteiger partial charge in [-0.15, -0.1) is 11.3 Å². The Kier molecular flexibility index (Phi) is 3.57. The molecule has 2 aromatic heterocycles. The van der Waals surface area contributed by atoms with Gasteiger partial charge in [-0.3, -0.25) is 10.00 Å². The first-order chi connectivity index (χ1) is 12.3. The van der Waals surface area contributed by atoms with Crippen molar-refractivity contribution in [2.75, 3.05) is 19.6 Å². The minimum Gasteiger partial charge on any atom is -0.456 e. The molecule has 1 aromatic carbocycles. The predicted octanol–water partition coefficient (Wildman–Crippen LogP) is 2.94. The van der Waals surface area contributed by atoms with Crippen LogP contribution in [0.3, 0.4) is 0 Å². The lowest BCUT2D eigenvalue weighted by atomic mass is 9.86. The van der Waals surface area contributed by atoms with Gasteiger partial charge in [-0.1, -0.05) is 0 Å². The Morgan fingerprint density at radius 1 is 1.32 bits per heavy atom. The third-order valence-electron chi connectivity index (χ3n) is 5.29. The first-order valence-electron chi connectivity index (χ1n) is 8.59. The van der Waals surface area contributed by atoms with E-state index in [1.165, 1.54) is 0 Å². The fraction of sp³-hybridized carbons (Fsp3) is 0.389. The highest BCUT2D eigenvalue weighted by Crippen LogP contribution is 2.31. The summed E-state index contributed by atoms with van der Waals surface area (Å²) in [5.74, 6) is 0.159. The topological polar surface area (TPSA) is 71.1 Å². The third-order valence-corrected chi connectivity index (χ3v) is 6.11. The van der Waals surface area contributed by atoms with Gasteiger partial charge in [0.15, 0.2) is 5.69 Å². The monoisotopic (exact) mass is 354 g/mol. The quantitative estimate of drug-likeness (QED) is 0.732. The van der Waals surface area contributed by atoms with E-state index in [0.29, 0.717) is 11.6 Å². The molecule has 0 amide bonds. The van der Waals surface area contributed by atoms with Crippen molar-refractivity contribution in [3.8, 4) is 10.6 Å². The number of carbonyl (C=O) groups is 1. The van der Waals surface area contributed by atoms with Crippen molar-refractivity contribution in [1.82, 2.24) is 20.1 Å². The molecule has 2 bridgehead atoms. The van der Waals surface area contributed by atoms with Crippen molar-refractivity contribution in [1.29, 1.82) is 0 Å². The van der Waals surface area contributed by atoms with E-state index < -0.39 is 0 Å². The standard InChI is InChI=1S/C18H18N4O2S/c23-18(24-15-10-22-6-3-11(15)4-7-22)16-13-9-12(17-19-5-8-25-17)1-2-14(13)20-21-16/h1-2,5,8-9,11,15H,3-4,6-7,10H2,(H,20,21). The summed E-state index contributed by atoms with van der Waals surface area (Å²) >= 11 is 1.57. The number of ether oxygens (including phenoxy) is 1. The van der Waals surface area contributed by atoms with Gasteiger partial charge in [0.1, 0.15) is 11.1 Å². The maximum absolute atomic E-state index is 12.7. The zero-order valence-corrected chi connectivity index (χ0v) is 14.5. The molecule has 1 N–H and O–H groups in total. The van der Waals surface area contributed by atoms with Crippen LogP contribution in [0.1, 0.15) is 23.3 Å². The van der Waals surface area contributed by atoms with Gasteiger partial charge in [-0.2, -0.15) is 5.10 Å². The summed E-state index contributed by atoms with van der Waals surface area (Å²) < 4.78 is 5.83. The zero-order valence-electron chi connectivity index (χ0n) is 13.6. The molecule has 1 atom stereocenters. The van der Waals surface area contributed by atoms with Crippen LogP contribution in [-0.2, 0) is 4.74 Å². The van der Waals surface area contributed by atoms with Crippen LogP contribution in [0.25, 0.3) is 21.5 Å². The Morgan fingerprint density at radius 2 is 2.20 bits per heavy atom. The van der Waals surface area contributed by atoms with E-state index in [1.54, 1.807) is 17.5 Å². The summed E-state index contributed by atoms with van der Waals surface area (Å²) in [5, 5.41) is 10.8. The summed E-state index contributed by atoms with van der Waals surface area (Å²) in [4.78, 5) is 19.4. The van der Waals surface area contributed by atoms with Crippen LogP contribution in [0.15, 0.2) is 29.8 Å². The minimum atomic E-state index is -0.332. The van der Waals surface area contributed by atoms with Crippen LogP contribution in [0.4, 0.5) is 0 Å². The van der Waals surface area contributed by atoms with Gasteiger partial charge in [-0.05, 0) is 50.0 Å². The van der Waals surface area contributed by atoms with Crippen LogP contribution in [0.5, 0.6) is 0 Å². The average molecular weight is 354 g/mol. The summed E-state index contributed by atoms with van der Waals surface area (Å²) in [5.41, 5.74) is 2.19. The second-order valence-electron chi connectivity index (χ2n) is 6.75. The van der Waals surface area contributed by atoms with E-state index in [2.05, 4.69) is 20.1 Å². The van der Waals surface area contributed by atoms with E-state index in [9.17, 15) is 4.79 Å². The largest absolute Gasteiger partial charge is 0.456 e. The molecule has 3 aliphatic rings. The predicted molar refractivity (Wildman–Crippen MR) is 95.6 cm³/mol. The molecule has 5 heterocycles. The zero-order chi connectivity index (χ0) is 16.8. The van der Waals surface area contributed by atoms with Crippen molar-refractivity contribution >= 4 is 28.2 Å². The molecular weight excluding hydrogens is 336 g/mol. The number of carbonyl (C=O) groups excluding carboxylic acids is 1. The van der Waals surface area contributed by atoms with Gasteiger partial charge in [0, 0.05) is 29.1 Å². The van der Waals surface area contributed by atoms with Crippen molar-refractivity contribution in [3.05, 3.63) is 35.5 Å². The normalized spacial score (nSPS) is 25.4. The van der Waals surface area contributed by atoms with Gasteiger partial charge in [0.05, 0.1) is 5.52 Å². The number of nitrogens with zero attached hydrogens (tertiary/aromatic N) is 3. The molecule has 3 saturated heterocycles. The number of piperidine rings is 3. The maximum Gasteiger partial charge on any atom is 0.359 e. The second kappa shape index (κ2) is 5.93.